The predicted octanol–water partition coefficient (Wildman–Crippen LogP) is -1.38. The normalized spacial score (nSPS) is 16.9. The molecule has 0 aliphatic carbocycles. The molecule has 4 atom stereocenters. The van der Waals surface area contributed by atoms with Crippen molar-refractivity contribution in [3.8, 4) is 0 Å². The summed E-state index contributed by atoms with van der Waals surface area (Å²) in [7, 11) is 0. The van der Waals surface area contributed by atoms with Gasteiger partial charge in [-0.2, -0.15) is 0 Å². The van der Waals surface area contributed by atoms with Crippen LogP contribution < -0.4 is 27.8 Å². The van der Waals surface area contributed by atoms with Crippen LogP contribution in [-0.2, 0) is 32.0 Å². The van der Waals surface area contributed by atoms with Gasteiger partial charge in [0.25, 0.3) is 0 Å². The Morgan fingerprint density at radius 3 is 2.48 bits per heavy atom. The first-order valence-corrected chi connectivity index (χ1v) is 13.1. The van der Waals surface area contributed by atoms with Crippen LogP contribution in [0.3, 0.4) is 0 Å². The molecule has 1 aliphatic rings. The number of hydrogen-bond acceptors (Lipinski definition) is 7. The molecular formula is C26H37N9O5. The Labute approximate surface area is 231 Å². The molecule has 1 aromatic heterocycles. The van der Waals surface area contributed by atoms with Crippen molar-refractivity contribution in [1.29, 1.82) is 0 Å². The van der Waals surface area contributed by atoms with Gasteiger partial charge >= 0.3 is 5.97 Å². The molecule has 3 rings (SSSR count). The van der Waals surface area contributed by atoms with Gasteiger partial charge in [0.15, 0.2) is 5.96 Å². The number of aliphatic carboxylic acids is 1. The molecule has 4 unspecified atom stereocenters. The Bertz CT molecular complexity index is 1170. The lowest BCUT2D eigenvalue weighted by atomic mass is 10.0. The number of nitrogens with two attached hydrogens (primary N) is 3. The molecule has 0 spiro atoms. The molecule has 3 amide bonds. The summed E-state index contributed by atoms with van der Waals surface area (Å²) >= 11 is 0. The summed E-state index contributed by atoms with van der Waals surface area (Å²) in [6.07, 6.45) is 4.66. The average molecular weight is 556 g/mol. The summed E-state index contributed by atoms with van der Waals surface area (Å²) in [6, 6.07) is 5.20. The minimum absolute atomic E-state index is 0.0512. The number of aromatic nitrogens is 2. The zero-order valence-electron chi connectivity index (χ0n) is 22.2. The molecule has 0 radical (unpaired) electrons. The minimum atomic E-state index is -1.10. The Kier molecular flexibility index (Phi) is 11.0. The van der Waals surface area contributed by atoms with Gasteiger partial charge in [-0.1, -0.05) is 30.3 Å². The number of aromatic amines is 1. The van der Waals surface area contributed by atoms with Crippen LogP contribution in [0.1, 0.15) is 36.9 Å². The van der Waals surface area contributed by atoms with Gasteiger partial charge < -0.3 is 42.8 Å². The van der Waals surface area contributed by atoms with E-state index in [0.29, 0.717) is 25.0 Å². The van der Waals surface area contributed by atoms with Gasteiger partial charge in [0.1, 0.15) is 18.1 Å². The van der Waals surface area contributed by atoms with Crippen LogP contribution in [-0.4, -0.2) is 86.9 Å². The molecule has 1 saturated heterocycles. The fourth-order valence-electron chi connectivity index (χ4n) is 4.59. The highest BCUT2D eigenvalue weighted by atomic mass is 16.4. The van der Waals surface area contributed by atoms with Gasteiger partial charge in [0, 0.05) is 31.4 Å². The van der Waals surface area contributed by atoms with Gasteiger partial charge in [-0.15, -0.1) is 0 Å². The Morgan fingerprint density at radius 2 is 1.82 bits per heavy atom. The second kappa shape index (κ2) is 14.6. The maximum Gasteiger partial charge on any atom is 0.326 e. The molecule has 14 heteroatoms. The van der Waals surface area contributed by atoms with Crippen molar-refractivity contribution in [3.63, 3.8) is 0 Å². The lowest BCUT2D eigenvalue weighted by Crippen LogP contribution is -2.57. The van der Waals surface area contributed by atoms with Crippen LogP contribution in [0.25, 0.3) is 0 Å². The average Bonchev–Trinajstić information content (AvgIpc) is 3.62. The number of carboxylic acid groups (broad SMARTS) is 1. The first-order valence-electron chi connectivity index (χ1n) is 13.1. The molecule has 1 fully saturated rings. The van der Waals surface area contributed by atoms with Crippen molar-refractivity contribution in [2.45, 2.75) is 62.7 Å². The smallest absolute Gasteiger partial charge is 0.326 e. The van der Waals surface area contributed by atoms with Gasteiger partial charge in [0.2, 0.25) is 17.7 Å². The number of benzene rings is 1. The standard InChI is InChI=1S/C26H37N9O5/c27-18(12-16-6-2-1-3-7-16)22(36)33-19(8-4-10-31-26(28)29)23(37)34-20(13-17-14-30-15-32-17)24(38)35-11-5-9-21(35)25(39)40/h1-3,6-7,14-15,18-21H,4-5,8-13,27H2,(H,30,32)(H,33,36)(H,34,37)(H,39,40)(H4,28,29,31). The number of aliphatic imine (C=N–C) groups is 1. The van der Waals surface area contributed by atoms with E-state index in [4.69, 9.17) is 17.2 Å². The predicted molar refractivity (Wildman–Crippen MR) is 147 cm³/mol. The molecular weight excluding hydrogens is 518 g/mol. The quantitative estimate of drug-likeness (QED) is 0.0825. The van der Waals surface area contributed by atoms with E-state index in [1.54, 1.807) is 0 Å². The van der Waals surface area contributed by atoms with Gasteiger partial charge in [0.05, 0.1) is 12.4 Å². The number of guanidine groups is 1. The zero-order chi connectivity index (χ0) is 29.1. The van der Waals surface area contributed by atoms with E-state index in [0.717, 1.165) is 5.56 Å². The first kappa shape index (κ1) is 30.1. The molecule has 216 valence electrons. The molecule has 10 N–H and O–H groups in total. The molecule has 0 saturated carbocycles. The SMILES string of the molecule is NC(N)=NCCCC(NC(=O)C(N)Cc1ccccc1)C(=O)NC(Cc1cnc[nH]1)C(=O)N1CCCC1C(=O)O. The Morgan fingerprint density at radius 1 is 1.10 bits per heavy atom. The van der Waals surface area contributed by atoms with Crippen LogP contribution in [0.15, 0.2) is 47.8 Å². The summed E-state index contributed by atoms with van der Waals surface area (Å²) in [5, 5.41) is 15.0. The summed E-state index contributed by atoms with van der Waals surface area (Å²) < 4.78 is 0. The third-order valence-corrected chi connectivity index (χ3v) is 6.63. The monoisotopic (exact) mass is 555 g/mol. The maximum absolute atomic E-state index is 13.5. The van der Waals surface area contributed by atoms with Crippen molar-refractivity contribution in [1.82, 2.24) is 25.5 Å². The molecule has 2 aromatic rings. The van der Waals surface area contributed by atoms with E-state index in [1.165, 1.54) is 17.4 Å². The molecule has 14 nitrogen and oxygen atoms in total. The van der Waals surface area contributed by atoms with Gasteiger partial charge in [-0.3, -0.25) is 19.4 Å². The van der Waals surface area contributed by atoms with E-state index in [1.807, 2.05) is 30.3 Å². The summed E-state index contributed by atoms with van der Waals surface area (Å²) in [5.41, 5.74) is 18.3. The summed E-state index contributed by atoms with van der Waals surface area (Å²) in [6.45, 7) is 0.487. The van der Waals surface area contributed by atoms with E-state index >= 15 is 0 Å². The highest BCUT2D eigenvalue weighted by Crippen LogP contribution is 2.19. The summed E-state index contributed by atoms with van der Waals surface area (Å²) in [4.78, 5) is 63.7. The van der Waals surface area contributed by atoms with Crippen LogP contribution in [0.2, 0.25) is 0 Å². The fraction of sp³-hybridized carbons (Fsp3) is 0.462. The van der Waals surface area contributed by atoms with Crippen LogP contribution in [0, 0.1) is 0 Å². The number of likely N-dealkylation sites (tertiary alicyclic amines) is 1. The fourth-order valence-corrected chi connectivity index (χ4v) is 4.59. The topological polar surface area (TPSA) is 235 Å². The highest BCUT2D eigenvalue weighted by molar-refractivity contribution is 5.94. The molecule has 1 aliphatic heterocycles. The number of carboxylic acids is 1. The van der Waals surface area contributed by atoms with E-state index in [9.17, 15) is 24.3 Å². The number of hydrogen-bond donors (Lipinski definition) is 7. The second-order valence-corrected chi connectivity index (χ2v) is 9.68. The van der Waals surface area contributed by atoms with Crippen LogP contribution in [0.4, 0.5) is 0 Å². The largest absolute Gasteiger partial charge is 0.480 e. The number of nitrogens with zero attached hydrogens (tertiary/aromatic N) is 3. The van der Waals surface area contributed by atoms with Crippen molar-refractivity contribution in [3.05, 3.63) is 54.1 Å². The van der Waals surface area contributed by atoms with Crippen LogP contribution >= 0.6 is 0 Å². The van der Waals surface area contributed by atoms with Crippen molar-refractivity contribution < 1.29 is 24.3 Å². The van der Waals surface area contributed by atoms with E-state index < -0.39 is 47.9 Å². The lowest BCUT2D eigenvalue weighted by molar-refractivity contribution is -0.149. The zero-order valence-corrected chi connectivity index (χ0v) is 22.2. The maximum atomic E-state index is 13.5. The number of carbonyl (C=O) groups excluding carboxylic acids is 3. The lowest BCUT2D eigenvalue weighted by Gasteiger charge is -2.29. The minimum Gasteiger partial charge on any atom is -0.480 e. The van der Waals surface area contributed by atoms with Gasteiger partial charge in [-0.05, 0) is 37.7 Å². The number of rotatable bonds is 14. The number of H-pyrrole nitrogens is 1. The first-order chi connectivity index (χ1) is 19.2. The number of imidazole rings is 1. The summed E-state index contributed by atoms with van der Waals surface area (Å²) in [5.74, 6) is -2.88. The van der Waals surface area contributed by atoms with Crippen molar-refractivity contribution in [2.75, 3.05) is 13.1 Å². The molecule has 1 aromatic carbocycles. The van der Waals surface area contributed by atoms with E-state index in [-0.39, 0.29) is 38.3 Å². The van der Waals surface area contributed by atoms with Crippen molar-refractivity contribution >= 4 is 29.7 Å². The second-order valence-electron chi connectivity index (χ2n) is 9.68. The van der Waals surface area contributed by atoms with Crippen molar-refractivity contribution in [2.24, 2.45) is 22.2 Å². The van der Waals surface area contributed by atoms with Crippen LogP contribution in [0.5, 0.6) is 0 Å². The number of carbonyl (C=O) groups is 4. The highest BCUT2D eigenvalue weighted by Gasteiger charge is 2.38. The van der Waals surface area contributed by atoms with Gasteiger partial charge in [-0.25, -0.2) is 9.78 Å². The molecule has 0 bridgehead atoms. The Balaban J connectivity index is 1.76. The Hall–Kier alpha value is -4.46. The third kappa shape index (κ3) is 8.80. The third-order valence-electron chi connectivity index (χ3n) is 6.63. The number of amides is 3. The van der Waals surface area contributed by atoms with E-state index in [2.05, 4.69) is 25.6 Å². The molecule has 2 heterocycles. The number of nitrogens with one attached hydrogen (secondary N) is 3. The molecule has 40 heavy (non-hydrogen) atoms.